The molecule has 5 aromatic rings. The quantitative estimate of drug-likeness (QED) is 0.156. The van der Waals surface area contributed by atoms with E-state index < -0.39 is 11.9 Å². The lowest BCUT2D eigenvalue weighted by atomic mass is 10.1. The van der Waals surface area contributed by atoms with E-state index in [0.717, 1.165) is 46.5 Å². The molecule has 192 valence electrons. The SMILES string of the molecule is Cc1ccc(-c2ccc(-c3ccc(-c4ccc(C5=C/C(=C6/C=C(c7ccc(C)s7)OC6=O)C(=O)O5)s4)o3)s2)o1. The number of furan rings is 2. The van der Waals surface area contributed by atoms with Crippen LogP contribution in [0.1, 0.15) is 20.4 Å². The first-order valence-electron chi connectivity index (χ1n) is 12.0. The Kier molecular flexibility index (Phi) is 5.66. The van der Waals surface area contributed by atoms with Crippen molar-refractivity contribution in [3.8, 4) is 31.9 Å². The summed E-state index contributed by atoms with van der Waals surface area (Å²) < 4.78 is 22.9. The van der Waals surface area contributed by atoms with Crippen LogP contribution in [0.25, 0.3) is 43.4 Å². The van der Waals surface area contributed by atoms with E-state index in [1.165, 1.54) is 22.7 Å². The fraction of sp³-hybridized carbons (Fsp3) is 0.0667. The Labute approximate surface area is 234 Å². The van der Waals surface area contributed by atoms with Gasteiger partial charge < -0.3 is 18.3 Å². The van der Waals surface area contributed by atoms with Crippen LogP contribution in [0.2, 0.25) is 0 Å². The third-order valence-corrected chi connectivity index (χ3v) is 9.44. The number of carbonyl (C=O) groups excluding carboxylic acids is 2. The van der Waals surface area contributed by atoms with Gasteiger partial charge in [0.05, 0.1) is 35.5 Å². The topological polar surface area (TPSA) is 78.9 Å². The van der Waals surface area contributed by atoms with Crippen LogP contribution in [-0.4, -0.2) is 11.9 Å². The van der Waals surface area contributed by atoms with Gasteiger partial charge in [0.25, 0.3) is 0 Å². The normalized spacial score (nSPS) is 17.0. The number of aryl methyl sites for hydroxylation is 2. The minimum absolute atomic E-state index is 0.189. The van der Waals surface area contributed by atoms with E-state index in [1.54, 1.807) is 23.5 Å². The smallest absolute Gasteiger partial charge is 0.344 e. The molecule has 0 aliphatic carbocycles. The van der Waals surface area contributed by atoms with E-state index in [9.17, 15) is 9.59 Å². The molecule has 2 aliphatic heterocycles. The van der Waals surface area contributed by atoms with Crippen molar-refractivity contribution in [1.82, 2.24) is 0 Å². The lowest BCUT2D eigenvalue weighted by Gasteiger charge is -1.98. The Balaban J connectivity index is 1.14. The number of hydrogen-bond donors (Lipinski definition) is 0. The molecule has 0 amide bonds. The van der Waals surface area contributed by atoms with Crippen molar-refractivity contribution in [2.75, 3.05) is 0 Å². The highest BCUT2D eigenvalue weighted by Crippen LogP contribution is 2.41. The van der Waals surface area contributed by atoms with Gasteiger partial charge >= 0.3 is 11.9 Å². The molecular formula is C30H18O6S3. The lowest BCUT2D eigenvalue weighted by Crippen LogP contribution is -2.05. The second-order valence-electron chi connectivity index (χ2n) is 8.94. The number of cyclic esters (lactones) is 2. The van der Waals surface area contributed by atoms with Crippen molar-refractivity contribution >= 4 is 57.5 Å². The Hall–Kier alpha value is -4.18. The minimum Gasteiger partial charge on any atom is -0.461 e. The summed E-state index contributed by atoms with van der Waals surface area (Å²) in [5.41, 5.74) is 0.386. The largest absolute Gasteiger partial charge is 0.461 e. The van der Waals surface area contributed by atoms with Crippen molar-refractivity contribution in [2.24, 2.45) is 0 Å². The van der Waals surface area contributed by atoms with Crippen molar-refractivity contribution in [1.29, 1.82) is 0 Å². The maximum atomic E-state index is 12.7. The van der Waals surface area contributed by atoms with E-state index in [1.807, 2.05) is 74.5 Å². The van der Waals surface area contributed by atoms with Crippen molar-refractivity contribution in [3.63, 3.8) is 0 Å². The molecule has 0 radical (unpaired) electrons. The highest BCUT2D eigenvalue weighted by molar-refractivity contribution is 7.18. The molecule has 0 aromatic carbocycles. The Bertz CT molecular complexity index is 1880. The zero-order valence-corrected chi connectivity index (χ0v) is 23.1. The standard InChI is InChI=1S/C30H18O6S3/c1-15-3-5-19(33-15)24-9-10-25(38-24)20-6-7-21(34-20)26-11-12-28(39-26)23-14-18(30(32)36-23)17-13-22(35-29(17)31)27-8-4-16(2)37-27/h3-14H,1-2H3/b18-17+. The number of rotatable bonds is 5. The predicted molar refractivity (Wildman–Crippen MR) is 152 cm³/mol. The second kappa shape index (κ2) is 9.23. The third kappa shape index (κ3) is 4.34. The average molecular weight is 571 g/mol. The van der Waals surface area contributed by atoms with Crippen LogP contribution in [0.4, 0.5) is 0 Å². The molecule has 0 fully saturated rings. The van der Waals surface area contributed by atoms with E-state index in [4.69, 9.17) is 18.3 Å². The molecule has 0 unspecified atom stereocenters. The Morgan fingerprint density at radius 1 is 0.513 bits per heavy atom. The molecule has 0 N–H and O–H groups in total. The van der Waals surface area contributed by atoms with Crippen molar-refractivity contribution in [3.05, 3.63) is 104 Å². The molecule has 0 saturated heterocycles. The maximum Gasteiger partial charge on any atom is 0.344 e. The number of ether oxygens (including phenoxy) is 2. The van der Waals surface area contributed by atoms with Crippen LogP contribution < -0.4 is 0 Å². The van der Waals surface area contributed by atoms with Gasteiger partial charge in [-0.2, -0.15) is 0 Å². The van der Waals surface area contributed by atoms with Gasteiger partial charge in [-0.1, -0.05) is 0 Å². The first-order valence-corrected chi connectivity index (χ1v) is 14.4. The van der Waals surface area contributed by atoms with Gasteiger partial charge in [-0.3, -0.25) is 0 Å². The van der Waals surface area contributed by atoms with Gasteiger partial charge in [0.2, 0.25) is 0 Å². The zero-order valence-electron chi connectivity index (χ0n) is 20.6. The Morgan fingerprint density at radius 2 is 0.974 bits per heavy atom. The summed E-state index contributed by atoms with van der Waals surface area (Å²) in [6.45, 7) is 3.91. The van der Waals surface area contributed by atoms with Crippen LogP contribution >= 0.6 is 34.0 Å². The second-order valence-corrected chi connectivity index (χ2v) is 12.4. The van der Waals surface area contributed by atoms with Crippen LogP contribution in [0.15, 0.2) is 92.8 Å². The molecule has 0 atom stereocenters. The van der Waals surface area contributed by atoms with Gasteiger partial charge in [-0.15, -0.1) is 34.0 Å². The Morgan fingerprint density at radius 3 is 1.49 bits per heavy atom. The fourth-order valence-electron chi connectivity index (χ4n) is 4.31. The summed E-state index contributed by atoms with van der Waals surface area (Å²) in [6.07, 6.45) is 3.21. The van der Waals surface area contributed by atoms with Gasteiger partial charge in [-0.25, -0.2) is 9.59 Å². The predicted octanol–water partition coefficient (Wildman–Crippen LogP) is 8.47. The van der Waals surface area contributed by atoms with Gasteiger partial charge in [-0.05, 0) is 86.7 Å². The summed E-state index contributed by atoms with van der Waals surface area (Å²) in [5.74, 6) is 2.89. The first-order chi connectivity index (χ1) is 18.9. The van der Waals surface area contributed by atoms with Gasteiger partial charge in [0, 0.05) is 4.88 Å². The van der Waals surface area contributed by atoms with E-state index in [0.29, 0.717) is 17.3 Å². The fourth-order valence-corrected chi connectivity index (χ4v) is 6.98. The van der Waals surface area contributed by atoms with Crippen LogP contribution in [0, 0.1) is 13.8 Å². The number of esters is 2. The highest BCUT2D eigenvalue weighted by atomic mass is 32.1. The average Bonchev–Trinajstić information content (AvgIpc) is 3.74. The summed E-state index contributed by atoms with van der Waals surface area (Å²) >= 11 is 4.56. The number of carbonyl (C=O) groups is 2. The molecule has 39 heavy (non-hydrogen) atoms. The maximum absolute atomic E-state index is 12.7. The molecular weight excluding hydrogens is 553 g/mol. The number of thiophene rings is 3. The van der Waals surface area contributed by atoms with Gasteiger partial charge in [0.15, 0.2) is 0 Å². The summed E-state index contributed by atoms with van der Waals surface area (Å²) in [5, 5.41) is 0. The lowest BCUT2D eigenvalue weighted by molar-refractivity contribution is -0.133. The zero-order chi connectivity index (χ0) is 26.7. The molecule has 5 aromatic heterocycles. The number of hydrogen-bond acceptors (Lipinski definition) is 9. The molecule has 6 nitrogen and oxygen atoms in total. The summed E-state index contributed by atoms with van der Waals surface area (Å²) in [6, 6.07) is 19.5. The van der Waals surface area contributed by atoms with Crippen molar-refractivity contribution < 1.29 is 27.9 Å². The van der Waals surface area contributed by atoms with Crippen molar-refractivity contribution in [2.45, 2.75) is 13.8 Å². The van der Waals surface area contributed by atoms with E-state index >= 15 is 0 Å². The monoisotopic (exact) mass is 570 g/mol. The summed E-state index contributed by atoms with van der Waals surface area (Å²) in [7, 11) is 0. The third-order valence-electron chi connectivity index (χ3n) is 6.20. The van der Waals surface area contributed by atoms with E-state index in [2.05, 4.69) is 0 Å². The van der Waals surface area contributed by atoms with Gasteiger partial charge in [0.1, 0.15) is 34.6 Å². The highest BCUT2D eigenvalue weighted by Gasteiger charge is 2.33. The minimum atomic E-state index is -0.577. The van der Waals surface area contributed by atoms with Crippen LogP contribution in [0.3, 0.4) is 0 Å². The van der Waals surface area contributed by atoms with Crippen LogP contribution in [0.5, 0.6) is 0 Å². The molecule has 0 saturated carbocycles. The van der Waals surface area contributed by atoms with E-state index in [-0.39, 0.29) is 11.1 Å². The molecule has 0 bridgehead atoms. The summed E-state index contributed by atoms with van der Waals surface area (Å²) in [4.78, 5) is 30.9. The molecule has 7 heterocycles. The first kappa shape index (κ1) is 23.9. The molecule has 7 rings (SSSR count). The molecule has 2 aliphatic rings. The molecule has 0 spiro atoms. The van der Waals surface area contributed by atoms with Crippen LogP contribution in [-0.2, 0) is 19.1 Å². The molecule has 9 heteroatoms.